The maximum absolute atomic E-state index is 13.2. The summed E-state index contributed by atoms with van der Waals surface area (Å²) in [4.78, 5) is 42.1. The standard InChI is InChI=1S/C22H23N3O4/c1-3-14(2)18(22(28)29)24-20(26)19(15-9-5-4-6-10-15)25-13-23-17-12-8-7-11-16(17)21(25)27/h4-14,18-19H,3H2,1-2H3,(H,24,26)(H,28,29)/p-1/t14-,18+,19+/m1/s1. The number of nitrogens with zero attached hydrogens (tertiary/aromatic N) is 2. The Morgan fingerprint density at radius 1 is 1.10 bits per heavy atom. The zero-order chi connectivity index (χ0) is 21.0. The van der Waals surface area contributed by atoms with Crippen LogP contribution in [0.4, 0.5) is 0 Å². The lowest BCUT2D eigenvalue weighted by molar-refractivity contribution is -0.309. The van der Waals surface area contributed by atoms with Crippen LogP contribution < -0.4 is 16.0 Å². The smallest absolute Gasteiger partial charge is 0.262 e. The van der Waals surface area contributed by atoms with Gasteiger partial charge in [0.25, 0.3) is 5.56 Å². The number of carbonyl (C=O) groups excluding carboxylic acids is 2. The number of carboxylic acids is 1. The number of hydrogen-bond acceptors (Lipinski definition) is 5. The van der Waals surface area contributed by atoms with Gasteiger partial charge < -0.3 is 15.2 Å². The monoisotopic (exact) mass is 392 g/mol. The van der Waals surface area contributed by atoms with Gasteiger partial charge in [0.2, 0.25) is 5.91 Å². The van der Waals surface area contributed by atoms with Crippen molar-refractivity contribution in [3.63, 3.8) is 0 Å². The molecule has 0 spiro atoms. The van der Waals surface area contributed by atoms with Gasteiger partial charge in [-0.05, 0) is 23.6 Å². The average molecular weight is 392 g/mol. The third-order valence-electron chi connectivity index (χ3n) is 5.10. The Bertz CT molecular complexity index is 1080. The van der Waals surface area contributed by atoms with Crippen molar-refractivity contribution in [2.75, 3.05) is 0 Å². The van der Waals surface area contributed by atoms with Crippen LogP contribution in [0.1, 0.15) is 31.9 Å². The van der Waals surface area contributed by atoms with Crippen LogP contribution in [0.25, 0.3) is 10.9 Å². The van der Waals surface area contributed by atoms with E-state index in [1.807, 2.05) is 6.92 Å². The molecule has 0 aliphatic heterocycles. The molecule has 0 fully saturated rings. The molecule has 1 heterocycles. The molecule has 150 valence electrons. The molecule has 0 aliphatic carbocycles. The SMILES string of the molecule is CC[C@@H](C)[C@H](NC(=O)[C@H](c1ccccc1)n1cnc2ccccc2c1=O)C(=O)[O-]. The van der Waals surface area contributed by atoms with E-state index in [2.05, 4.69) is 10.3 Å². The van der Waals surface area contributed by atoms with Crippen molar-refractivity contribution in [3.8, 4) is 0 Å². The molecule has 3 rings (SSSR count). The first-order chi connectivity index (χ1) is 13.9. The van der Waals surface area contributed by atoms with Gasteiger partial charge in [-0.2, -0.15) is 0 Å². The van der Waals surface area contributed by atoms with Crippen molar-refractivity contribution in [3.05, 3.63) is 76.8 Å². The normalized spacial score (nSPS) is 14.1. The van der Waals surface area contributed by atoms with Crippen molar-refractivity contribution < 1.29 is 14.7 Å². The van der Waals surface area contributed by atoms with Crippen molar-refractivity contribution >= 4 is 22.8 Å². The molecular formula is C22H22N3O4-. The minimum absolute atomic E-state index is 0.327. The topological polar surface area (TPSA) is 104 Å². The Morgan fingerprint density at radius 2 is 1.76 bits per heavy atom. The van der Waals surface area contributed by atoms with Crippen LogP contribution >= 0.6 is 0 Å². The fraction of sp³-hybridized carbons (Fsp3) is 0.273. The number of fused-ring (bicyclic) bond motifs is 1. The second-order valence-corrected chi connectivity index (χ2v) is 6.98. The number of carboxylic acid groups (broad SMARTS) is 1. The maximum Gasteiger partial charge on any atom is 0.262 e. The highest BCUT2D eigenvalue weighted by atomic mass is 16.4. The minimum Gasteiger partial charge on any atom is -0.548 e. The maximum atomic E-state index is 13.2. The fourth-order valence-corrected chi connectivity index (χ4v) is 3.24. The molecule has 7 nitrogen and oxygen atoms in total. The molecule has 1 aromatic heterocycles. The van der Waals surface area contributed by atoms with Crippen molar-refractivity contribution in [1.82, 2.24) is 14.9 Å². The summed E-state index contributed by atoms with van der Waals surface area (Å²) < 4.78 is 1.23. The van der Waals surface area contributed by atoms with E-state index in [9.17, 15) is 19.5 Å². The molecule has 0 unspecified atom stereocenters. The number of carbonyl (C=O) groups is 2. The molecule has 2 aromatic carbocycles. The van der Waals surface area contributed by atoms with E-state index in [1.165, 1.54) is 10.9 Å². The van der Waals surface area contributed by atoms with E-state index in [4.69, 9.17) is 0 Å². The molecule has 0 saturated carbocycles. The van der Waals surface area contributed by atoms with E-state index >= 15 is 0 Å². The number of nitrogens with one attached hydrogen (secondary N) is 1. The second-order valence-electron chi connectivity index (χ2n) is 6.98. The number of rotatable bonds is 7. The molecule has 7 heteroatoms. The van der Waals surface area contributed by atoms with E-state index < -0.39 is 24.0 Å². The van der Waals surface area contributed by atoms with Gasteiger partial charge in [-0.15, -0.1) is 0 Å². The Hall–Kier alpha value is -3.48. The van der Waals surface area contributed by atoms with Gasteiger partial charge in [-0.25, -0.2) is 4.98 Å². The summed E-state index contributed by atoms with van der Waals surface area (Å²) in [7, 11) is 0. The van der Waals surface area contributed by atoms with Gasteiger partial charge in [0.15, 0.2) is 0 Å². The highest BCUT2D eigenvalue weighted by molar-refractivity contribution is 5.88. The summed E-state index contributed by atoms with van der Waals surface area (Å²) in [5.74, 6) is -2.29. The summed E-state index contributed by atoms with van der Waals surface area (Å²) in [6, 6.07) is 13.3. The number of amides is 1. The predicted octanol–water partition coefficient (Wildman–Crippen LogP) is 1.27. The lowest BCUT2D eigenvalue weighted by Crippen LogP contribution is -2.53. The molecule has 29 heavy (non-hydrogen) atoms. The first-order valence-corrected chi connectivity index (χ1v) is 9.46. The number of aromatic nitrogens is 2. The molecule has 1 N–H and O–H groups in total. The molecule has 3 aromatic rings. The Balaban J connectivity index is 2.09. The van der Waals surface area contributed by atoms with Crippen LogP contribution in [0.3, 0.4) is 0 Å². The quantitative estimate of drug-likeness (QED) is 0.652. The van der Waals surface area contributed by atoms with Crippen LogP contribution in [-0.4, -0.2) is 27.5 Å². The van der Waals surface area contributed by atoms with Crippen LogP contribution in [0.5, 0.6) is 0 Å². The third-order valence-corrected chi connectivity index (χ3v) is 5.10. The summed E-state index contributed by atoms with van der Waals surface area (Å²) in [6.07, 6.45) is 1.87. The number of hydrogen-bond donors (Lipinski definition) is 1. The summed E-state index contributed by atoms with van der Waals surface area (Å²) in [5, 5.41) is 14.5. The second kappa shape index (κ2) is 8.68. The molecule has 0 bridgehead atoms. The highest BCUT2D eigenvalue weighted by Gasteiger charge is 2.28. The summed E-state index contributed by atoms with van der Waals surface area (Å²) in [5.41, 5.74) is 0.687. The van der Waals surface area contributed by atoms with Crippen LogP contribution in [-0.2, 0) is 9.59 Å². The Morgan fingerprint density at radius 3 is 2.41 bits per heavy atom. The lowest BCUT2D eigenvalue weighted by Gasteiger charge is -2.28. The van der Waals surface area contributed by atoms with Gasteiger partial charge >= 0.3 is 0 Å². The van der Waals surface area contributed by atoms with Crippen LogP contribution in [0.15, 0.2) is 65.7 Å². The Labute approximate surface area is 168 Å². The van der Waals surface area contributed by atoms with Crippen LogP contribution in [0.2, 0.25) is 0 Å². The van der Waals surface area contributed by atoms with E-state index in [-0.39, 0.29) is 11.5 Å². The molecule has 3 atom stereocenters. The zero-order valence-electron chi connectivity index (χ0n) is 16.2. The zero-order valence-corrected chi connectivity index (χ0v) is 16.2. The predicted molar refractivity (Wildman–Crippen MR) is 107 cm³/mol. The lowest BCUT2D eigenvalue weighted by atomic mass is 9.98. The average Bonchev–Trinajstić information content (AvgIpc) is 2.74. The minimum atomic E-state index is -1.36. The summed E-state index contributed by atoms with van der Waals surface area (Å²) >= 11 is 0. The molecular weight excluding hydrogens is 370 g/mol. The fourth-order valence-electron chi connectivity index (χ4n) is 3.24. The molecule has 1 amide bonds. The Kier molecular flexibility index (Phi) is 6.07. The highest BCUT2D eigenvalue weighted by Crippen LogP contribution is 2.19. The van der Waals surface area contributed by atoms with E-state index in [1.54, 1.807) is 61.5 Å². The van der Waals surface area contributed by atoms with Gasteiger partial charge in [0.05, 0.1) is 29.2 Å². The van der Waals surface area contributed by atoms with Crippen molar-refractivity contribution in [2.45, 2.75) is 32.4 Å². The van der Waals surface area contributed by atoms with Crippen molar-refractivity contribution in [2.24, 2.45) is 5.92 Å². The van der Waals surface area contributed by atoms with Gasteiger partial charge in [0.1, 0.15) is 6.04 Å². The third kappa shape index (κ3) is 4.18. The van der Waals surface area contributed by atoms with Crippen LogP contribution in [0, 0.1) is 5.92 Å². The van der Waals surface area contributed by atoms with E-state index in [0.717, 1.165) is 0 Å². The molecule has 0 aliphatic rings. The van der Waals surface area contributed by atoms with Gasteiger partial charge in [-0.1, -0.05) is 62.7 Å². The number of para-hydroxylation sites is 1. The molecule has 0 saturated heterocycles. The largest absolute Gasteiger partial charge is 0.548 e. The van der Waals surface area contributed by atoms with Gasteiger partial charge in [-0.3, -0.25) is 14.2 Å². The summed E-state index contributed by atoms with van der Waals surface area (Å²) in [6.45, 7) is 3.56. The first kappa shape index (κ1) is 20.3. The first-order valence-electron chi connectivity index (χ1n) is 9.46. The number of aliphatic carboxylic acids is 1. The molecule has 0 radical (unpaired) electrons. The van der Waals surface area contributed by atoms with Gasteiger partial charge in [0, 0.05) is 0 Å². The van der Waals surface area contributed by atoms with Crippen molar-refractivity contribution in [1.29, 1.82) is 0 Å². The number of benzene rings is 2. The van der Waals surface area contributed by atoms with E-state index in [0.29, 0.717) is 22.9 Å².